The maximum absolute atomic E-state index is 13.4. The van der Waals surface area contributed by atoms with Gasteiger partial charge in [0.05, 0.1) is 5.56 Å². The molecule has 0 spiro atoms. The Labute approximate surface area is 186 Å². The largest absolute Gasteiger partial charge is 0.491 e. The van der Waals surface area contributed by atoms with Gasteiger partial charge in [0.15, 0.2) is 0 Å². The molecule has 1 aliphatic carbocycles. The van der Waals surface area contributed by atoms with Gasteiger partial charge in [0.1, 0.15) is 18.0 Å². The van der Waals surface area contributed by atoms with Gasteiger partial charge in [0, 0.05) is 31.6 Å². The van der Waals surface area contributed by atoms with Crippen LogP contribution in [0.1, 0.15) is 50.4 Å². The maximum atomic E-state index is 13.4. The molecule has 2 fully saturated rings. The summed E-state index contributed by atoms with van der Waals surface area (Å²) >= 11 is 0. The summed E-state index contributed by atoms with van der Waals surface area (Å²) < 4.78 is 11.3. The van der Waals surface area contributed by atoms with Crippen molar-refractivity contribution in [1.29, 1.82) is 0 Å². The molecule has 31 heavy (non-hydrogen) atoms. The van der Waals surface area contributed by atoms with Crippen molar-refractivity contribution >= 4 is 12.0 Å². The fourth-order valence-corrected chi connectivity index (χ4v) is 4.70. The number of hydrogen-bond acceptors (Lipinski definition) is 5. The molecule has 7 nitrogen and oxygen atoms in total. The van der Waals surface area contributed by atoms with Gasteiger partial charge in [-0.25, -0.2) is 4.79 Å². The second-order valence-electron chi connectivity index (χ2n) is 10.1. The third-order valence-electron chi connectivity index (χ3n) is 6.22. The zero-order valence-corrected chi connectivity index (χ0v) is 19.6. The molecule has 3 rings (SSSR count). The summed E-state index contributed by atoms with van der Waals surface area (Å²) in [6, 6.07) is 7.47. The number of likely N-dealkylation sites (tertiary alicyclic amines) is 1. The molecule has 2 atom stereocenters. The number of ether oxygens (including phenoxy) is 2. The zero-order chi connectivity index (χ0) is 22.6. The van der Waals surface area contributed by atoms with E-state index < -0.39 is 11.7 Å². The van der Waals surface area contributed by atoms with Gasteiger partial charge in [0.2, 0.25) is 0 Å². The van der Waals surface area contributed by atoms with Crippen LogP contribution in [0.25, 0.3) is 0 Å². The van der Waals surface area contributed by atoms with Crippen molar-refractivity contribution < 1.29 is 19.1 Å². The van der Waals surface area contributed by atoms with Gasteiger partial charge in [-0.1, -0.05) is 18.6 Å². The molecule has 2 amide bonds. The minimum Gasteiger partial charge on any atom is -0.491 e. The van der Waals surface area contributed by atoms with Crippen LogP contribution >= 0.6 is 0 Å². The van der Waals surface area contributed by atoms with Crippen molar-refractivity contribution in [3.8, 4) is 5.75 Å². The molecule has 1 aromatic carbocycles. The van der Waals surface area contributed by atoms with Crippen LogP contribution in [0.4, 0.5) is 4.79 Å². The highest BCUT2D eigenvalue weighted by molar-refractivity contribution is 5.97. The number of nitrogens with one attached hydrogen (secondary N) is 1. The number of carbonyl (C=O) groups is 2. The molecule has 1 heterocycles. The Balaban J connectivity index is 1.66. The third kappa shape index (κ3) is 5.91. The number of amides is 2. The highest BCUT2D eigenvalue weighted by Crippen LogP contribution is 2.48. The summed E-state index contributed by atoms with van der Waals surface area (Å²) in [5, 5.41) is 2.96. The van der Waals surface area contributed by atoms with Crippen molar-refractivity contribution in [2.24, 2.45) is 11.3 Å². The Hall–Kier alpha value is -2.28. The maximum Gasteiger partial charge on any atom is 0.407 e. The first kappa shape index (κ1) is 23.4. The number of benzene rings is 1. The van der Waals surface area contributed by atoms with E-state index in [1.165, 1.54) is 0 Å². The van der Waals surface area contributed by atoms with E-state index in [9.17, 15) is 9.59 Å². The topological polar surface area (TPSA) is 71.1 Å². The van der Waals surface area contributed by atoms with Gasteiger partial charge in [-0.2, -0.15) is 0 Å². The molecule has 7 heteroatoms. The number of rotatable bonds is 7. The van der Waals surface area contributed by atoms with Gasteiger partial charge < -0.3 is 24.6 Å². The first-order valence-electron chi connectivity index (χ1n) is 11.2. The molecule has 0 aromatic heterocycles. The SMILES string of the molecule is CN(C)CCOc1ccccc1C(=O)N1C[C@H]2CCC[C@@]2(CNC(=O)OC(C)(C)C)C1. The van der Waals surface area contributed by atoms with Crippen molar-refractivity contribution in [2.45, 2.75) is 45.6 Å². The fraction of sp³-hybridized carbons (Fsp3) is 0.667. The van der Waals surface area contributed by atoms with Crippen LogP contribution in [0.15, 0.2) is 24.3 Å². The lowest BCUT2D eigenvalue weighted by molar-refractivity contribution is 0.0494. The van der Waals surface area contributed by atoms with E-state index in [2.05, 4.69) is 5.32 Å². The summed E-state index contributed by atoms with van der Waals surface area (Å²) in [7, 11) is 3.99. The third-order valence-corrected chi connectivity index (χ3v) is 6.22. The van der Waals surface area contributed by atoms with Crippen molar-refractivity contribution in [3.63, 3.8) is 0 Å². The lowest BCUT2D eigenvalue weighted by Gasteiger charge is -2.30. The molecule has 1 N–H and O–H groups in total. The van der Waals surface area contributed by atoms with Crippen LogP contribution in [0.2, 0.25) is 0 Å². The van der Waals surface area contributed by atoms with E-state index >= 15 is 0 Å². The predicted molar refractivity (Wildman–Crippen MR) is 120 cm³/mol. The summed E-state index contributed by atoms with van der Waals surface area (Å²) in [6.45, 7) is 8.81. The Kier molecular flexibility index (Phi) is 7.14. The lowest BCUT2D eigenvalue weighted by Crippen LogP contribution is -2.43. The Morgan fingerprint density at radius 2 is 2.00 bits per heavy atom. The molecule has 1 saturated heterocycles. The molecular formula is C24H37N3O4. The Morgan fingerprint density at radius 3 is 2.71 bits per heavy atom. The smallest absolute Gasteiger partial charge is 0.407 e. The first-order valence-corrected chi connectivity index (χ1v) is 11.2. The summed E-state index contributed by atoms with van der Waals surface area (Å²) in [5.41, 5.74) is 0.00873. The van der Waals surface area contributed by atoms with Crippen LogP contribution in [0, 0.1) is 11.3 Å². The minimum absolute atomic E-state index is 0.00601. The number of alkyl carbamates (subject to hydrolysis) is 1. The standard InChI is InChI=1S/C24H37N3O4/c1-23(2,3)31-22(29)25-16-24-12-8-9-18(24)15-27(17-24)21(28)19-10-6-7-11-20(19)30-14-13-26(4)5/h6-7,10-11,18H,8-9,12-17H2,1-5H3,(H,25,29)/t18-,24-/m1/s1. The monoisotopic (exact) mass is 431 g/mol. The van der Waals surface area contributed by atoms with E-state index in [0.717, 1.165) is 32.4 Å². The molecular weight excluding hydrogens is 394 g/mol. The van der Waals surface area contributed by atoms with E-state index in [-0.39, 0.29) is 11.3 Å². The number of para-hydroxylation sites is 1. The van der Waals surface area contributed by atoms with Gasteiger partial charge in [-0.3, -0.25) is 4.79 Å². The number of likely N-dealkylation sites (N-methyl/N-ethyl adjacent to an activating group) is 1. The number of carbonyl (C=O) groups excluding carboxylic acids is 2. The highest BCUT2D eigenvalue weighted by Gasteiger charge is 2.51. The molecule has 1 aliphatic heterocycles. The fourth-order valence-electron chi connectivity index (χ4n) is 4.70. The minimum atomic E-state index is -0.523. The molecule has 2 aliphatic rings. The van der Waals surface area contributed by atoms with Gasteiger partial charge in [-0.15, -0.1) is 0 Å². The first-order chi connectivity index (χ1) is 14.6. The summed E-state index contributed by atoms with van der Waals surface area (Å²) in [5.74, 6) is 1.03. The molecule has 0 bridgehead atoms. The number of hydrogen-bond donors (Lipinski definition) is 1. The summed E-state index contributed by atoms with van der Waals surface area (Å²) in [6.07, 6.45) is 2.84. The molecule has 0 unspecified atom stereocenters. The highest BCUT2D eigenvalue weighted by atomic mass is 16.6. The van der Waals surface area contributed by atoms with Crippen LogP contribution in [-0.2, 0) is 4.74 Å². The second-order valence-corrected chi connectivity index (χ2v) is 10.1. The molecule has 172 valence electrons. The quantitative estimate of drug-likeness (QED) is 0.717. The van der Waals surface area contributed by atoms with Crippen LogP contribution in [-0.4, -0.2) is 74.3 Å². The van der Waals surface area contributed by atoms with Crippen molar-refractivity contribution in [1.82, 2.24) is 15.1 Å². The van der Waals surface area contributed by atoms with Crippen LogP contribution < -0.4 is 10.1 Å². The van der Waals surface area contributed by atoms with Gasteiger partial charge >= 0.3 is 6.09 Å². The molecule has 0 radical (unpaired) electrons. The predicted octanol–water partition coefficient (Wildman–Crippen LogP) is 3.39. The number of fused-ring (bicyclic) bond motifs is 1. The zero-order valence-electron chi connectivity index (χ0n) is 19.6. The second kappa shape index (κ2) is 9.47. The van der Waals surface area contributed by atoms with Crippen LogP contribution in [0.5, 0.6) is 5.75 Å². The van der Waals surface area contributed by atoms with Crippen LogP contribution in [0.3, 0.4) is 0 Å². The van der Waals surface area contributed by atoms with Crippen molar-refractivity contribution in [3.05, 3.63) is 29.8 Å². The van der Waals surface area contributed by atoms with Gasteiger partial charge in [-0.05, 0) is 65.8 Å². The van der Waals surface area contributed by atoms with E-state index in [1.54, 1.807) is 0 Å². The van der Waals surface area contributed by atoms with E-state index in [0.29, 0.717) is 36.9 Å². The average Bonchev–Trinajstić information content (AvgIpc) is 3.22. The number of nitrogens with zero attached hydrogens (tertiary/aromatic N) is 2. The average molecular weight is 432 g/mol. The Morgan fingerprint density at radius 1 is 1.26 bits per heavy atom. The molecule has 1 aromatic rings. The Bertz CT molecular complexity index is 789. The van der Waals surface area contributed by atoms with Crippen molar-refractivity contribution in [2.75, 3.05) is 46.9 Å². The van der Waals surface area contributed by atoms with E-state index in [1.807, 2.05) is 68.9 Å². The van der Waals surface area contributed by atoms with E-state index in [4.69, 9.17) is 9.47 Å². The molecule has 1 saturated carbocycles. The summed E-state index contributed by atoms with van der Waals surface area (Å²) in [4.78, 5) is 29.6. The lowest BCUT2D eigenvalue weighted by atomic mass is 9.81. The van der Waals surface area contributed by atoms with Gasteiger partial charge in [0.25, 0.3) is 5.91 Å². The normalized spacial score (nSPS) is 23.0.